The number of amides is 1. The first kappa shape index (κ1) is 22.4. The number of thiazole rings is 1. The molecule has 13 heteroatoms. The first-order valence-corrected chi connectivity index (χ1v) is 10.9. The van der Waals surface area contributed by atoms with Crippen molar-refractivity contribution in [2.24, 2.45) is 7.05 Å². The van der Waals surface area contributed by atoms with Gasteiger partial charge in [-0.3, -0.25) is 4.79 Å². The van der Waals surface area contributed by atoms with Crippen LogP contribution in [-0.2, 0) is 11.8 Å². The van der Waals surface area contributed by atoms with Crippen molar-refractivity contribution < 1.29 is 19.4 Å². The van der Waals surface area contributed by atoms with E-state index in [0.717, 1.165) is 11.3 Å². The van der Waals surface area contributed by atoms with E-state index in [-0.39, 0.29) is 28.6 Å². The zero-order chi connectivity index (χ0) is 23.7. The number of piperidine rings is 1. The lowest BCUT2D eigenvalue weighted by Crippen LogP contribution is -2.55. The fourth-order valence-corrected chi connectivity index (χ4v) is 4.72. The third kappa shape index (κ3) is 4.30. The van der Waals surface area contributed by atoms with Crippen molar-refractivity contribution in [2.45, 2.75) is 25.5 Å². The van der Waals surface area contributed by atoms with Crippen LogP contribution in [0.1, 0.15) is 37.8 Å². The lowest BCUT2D eigenvalue weighted by atomic mass is 10.0. The lowest BCUT2D eigenvalue weighted by Gasteiger charge is -2.37. The van der Waals surface area contributed by atoms with Crippen LogP contribution in [0.3, 0.4) is 0 Å². The molecule has 3 N–H and O–H groups in total. The number of hydrogen-bond donors (Lipinski definition) is 3. The van der Waals surface area contributed by atoms with Gasteiger partial charge in [-0.15, -0.1) is 0 Å². The number of carboxylic acid groups (broad SMARTS) is 1. The summed E-state index contributed by atoms with van der Waals surface area (Å²) in [7, 11) is 3.24. The van der Waals surface area contributed by atoms with Gasteiger partial charge in [0.05, 0.1) is 17.7 Å². The molecule has 4 heterocycles. The van der Waals surface area contributed by atoms with Gasteiger partial charge in [-0.25, -0.2) is 19.4 Å². The van der Waals surface area contributed by atoms with Gasteiger partial charge in [-0.1, -0.05) is 11.3 Å². The Bertz CT molecular complexity index is 1240. The second kappa shape index (κ2) is 9.00. The molecule has 4 rings (SSSR count). The highest BCUT2D eigenvalue weighted by Crippen LogP contribution is 2.33. The summed E-state index contributed by atoms with van der Waals surface area (Å²) >= 11 is 1.07. The average Bonchev–Trinajstić information content (AvgIpc) is 3.51. The fraction of sp³-hybridized carbons (Fsp3) is 0.400. The van der Waals surface area contributed by atoms with Gasteiger partial charge < -0.3 is 25.0 Å². The average molecular weight is 471 g/mol. The molecule has 0 bridgehead atoms. The molecule has 0 saturated carbocycles. The maximum Gasteiger partial charge on any atom is 0.348 e. The lowest BCUT2D eigenvalue weighted by molar-refractivity contribution is 0.0540. The number of carbonyl (C=O) groups excluding carboxylic acids is 1. The maximum absolute atomic E-state index is 12.7. The molecule has 3 aromatic heterocycles. The molecule has 0 unspecified atom stereocenters. The Kier molecular flexibility index (Phi) is 6.12. The number of aromatic amines is 1. The fourth-order valence-electron chi connectivity index (χ4n) is 3.79. The topological polar surface area (TPSA) is 162 Å². The second-order valence-corrected chi connectivity index (χ2v) is 8.59. The summed E-state index contributed by atoms with van der Waals surface area (Å²) < 4.78 is 7.11. The van der Waals surface area contributed by atoms with E-state index in [2.05, 4.69) is 25.4 Å². The van der Waals surface area contributed by atoms with Crippen LogP contribution in [-0.4, -0.2) is 74.1 Å². The number of carbonyl (C=O) groups is 2. The minimum atomic E-state index is -1.08. The Labute approximate surface area is 192 Å². The number of carboxylic acids is 1. The summed E-state index contributed by atoms with van der Waals surface area (Å²) in [6.45, 7) is 2.70. The smallest absolute Gasteiger partial charge is 0.348 e. The van der Waals surface area contributed by atoms with E-state index in [9.17, 15) is 14.7 Å². The molecule has 1 aliphatic heterocycles. The predicted octanol–water partition coefficient (Wildman–Crippen LogP) is 1.17. The van der Waals surface area contributed by atoms with Crippen LogP contribution in [0.5, 0.6) is 0 Å². The van der Waals surface area contributed by atoms with Crippen LogP contribution in [0.15, 0.2) is 12.4 Å². The van der Waals surface area contributed by atoms with E-state index in [1.807, 2.05) is 11.0 Å². The van der Waals surface area contributed by atoms with E-state index >= 15 is 0 Å². The largest absolute Gasteiger partial charge is 0.477 e. The number of nitrogens with one attached hydrogen (secondary N) is 2. The maximum atomic E-state index is 12.7. The monoisotopic (exact) mass is 470 g/mol. The number of aryl methyl sites for hydroxylation is 2. The zero-order valence-electron chi connectivity index (χ0n) is 18.2. The number of hydrogen-bond acceptors (Lipinski definition) is 9. The summed E-state index contributed by atoms with van der Waals surface area (Å²) in [5.41, 5.74) is 1.65. The first-order chi connectivity index (χ1) is 15.8. The van der Waals surface area contributed by atoms with Crippen LogP contribution in [0.25, 0.3) is 11.5 Å². The van der Waals surface area contributed by atoms with Crippen molar-refractivity contribution in [2.75, 3.05) is 25.1 Å². The van der Waals surface area contributed by atoms with E-state index in [1.54, 1.807) is 21.1 Å². The Morgan fingerprint density at radius 2 is 2.24 bits per heavy atom. The van der Waals surface area contributed by atoms with E-state index in [0.29, 0.717) is 47.4 Å². The third-order valence-corrected chi connectivity index (χ3v) is 6.67. The summed E-state index contributed by atoms with van der Waals surface area (Å²) in [5.74, 6) is -1.02. The van der Waals surface area contributed by atoms with Gasteiger partial charge in [0.2, 0.25) is 0 Å². The van der Waals surface area contributed by atoms with Crippen molar-refractivity contribution in [3.05, 3.63) is 34.2 Å². The molecule has 1 aliphatic rings. The van der Waals surface area contributed by atoms with Crippen molar-refractivity contribution in [3.63, 3.8) is 0 Å². The van der Waals surface area contributed by atoms with Gasteiger partial charge in [0.25, 0.3) is 5.91 Å². The first-order valence-electron chi connectivity index (χ1n) is 10.1. The molecule has 0 aromatic carbocycles. The number of aromatic carboxylic acids is 1. The molecule has 2 atom stereocenters. The zero-order valence-corrected chi connectivity index (χ0v) is 19.0. The number of nitriles is 1. The van der Waals surface area contributed by atoms with E-state index < -0.39 is 5.97 Å². The van der Waals surface area contributed by atoms with Gasteiger partial charge in [0, 0.05) is 32.9 Å². The Hall–Kier alpha value is -3.76. The summed E-state index contributed by atoms with van der Waals surface area (Å²) in [6, 6.07) is 3.31. The van der Waals surface area contributed by atoms with Crippen molar-refractivity contribution in [1.29, 1.82) is 5.26 Å². The van der Waals surface area contributed by atoms with Gasteiger partial charge in [0.1, 0.15) is 28.7 Å². The highest BCUT2D eigenvalue weighted by atomic mass is 32.1. The Morgan fingerprint density at radius 1 is 1.45 bits per heavy atom. The summed E-state index contributed by atoms with van der Waals surface area (Å²) in [6.07, 6.45) is 1.57. The molecule has 12 nitrogen and oxygen atoms in total. The van der Waals surface area contributed by atoms with E-state index in [1.165, 1.54) is 17.1 Å². The van der Waals surface area contributed by atoms with Gasteiger partial charge in [0.15, 0.2) is 11.0 Å². The SMILES string of the molecule is CO[C@H]1CN(c2nc(-c3ncnn3C)c(C(=O)O)s2)CC[C@H]1NC(=O)c1cc(C#N)c(C)[nH]1. The third-order valence-electron chi connectivity index (χ3n) is 5.56. The number of ether oxygens (including phenoxy) is 1. The highest BCUT2D eigenvalue weighted by Gasteiger charge is 2.33. The Balaban J connectivity index is 1.51. The number of anilines is 1. The van der Waals surface area contributed by atoms with Gasteiger partial charge >= 0.3 is 5.97 Å². The highest BCUT2D eigenvalue weighted by molar-refractivity contribution is 7.17. The number of rotatable bonds is 6. The molecule has 0 aliphatic carbocycles. The molecule has 1 fully saturated rings. The Morgan fingerprint density at radius 3 is 2.85 bits per heavy atom. The molecule has 0 spiro atoms. The van der Waals surface area contributed by atoms with Gasteiger partial charge in [-0.05, 0) is 19.4 Å². The molecule has 1 saturated heterocycles. The molecule has 3 aromatic rings. The molecular weight excluding hydrogens is 448 g/mol. The van der Waals surface area contributed by atoms with Crippen LogP contribution < -0.4 is 10.2 Å². The standard InChI is InChI=1S/C20H22N8O4S/c1-10-11(7-21)6-13(24-10)18(29)25-12-4-5-28(8-14(12)32-3)20-26-15(16(33-20)19(30)31)17-22-9-23-27(17)2/h6,9,12,14,24H,4-5,8H2,1-3H3,(H,25,29)(H,30,31)/t12-,14+/m1/s1. The molecule has 33 heavy (non-hydrogen) atoms. The van der Waals surface area contributed by atoms with Crippen LogP contribution in [0.4, 0.5) is 5.13 Å². The van der Waals surface area contributed by atoms with Crippen molar-refractivity contribution >= 4 is 28.3 Å². The van der Waals surface area contributed by atoms with E-state index in [4.69, 9.17) is 10.00 Å². The van der Waals surface area contributed by atoms with Crippen LogP contribution >= 0.6 is 11.3 Å². The molecule has 172 valence electrons. The molecule has 0 radical (unpaired) electrons. The van der Waals surface area contributed by atoms with Crippen molar-refractivity contribution in [1.82, 2.24) is 30.0 Å². The van der Waals surface area contributed by atoms with Crippen LogP contribution in [0.2, 0.25) is 0 Å². The minimum absolute atomic E-state index is 0.0842. The van der Waals surface area contributed by atoms with Crippen molar-refractivity contribution in [3.8, 4) is 17.6 Å². The number of H-pyrrole nitrogens is 1. The normalized spacial score (nSPS) is 18.2. The predicted molar refractivity (Wildman–Crippen MR) is 118 cm³/mol. The molecular formula is C20H22N8O4S. The summed E-state index contributed by atoms with van der Waals surface area (Å²) in [5, 5.41) is 26.3. The van der Waals surface area contributed by atoms with Crippen LogP contribution in [0, 0.1) is 18.3 Å². The number of nitrogens with zero attached hydrogens (tertiary/aromatic N) is 6. The summed E-state index contributed by atoms with van der Waals surface area (Å²) in [4.78, 5) is 38.1. The number of aromatic nitrogens is 5. The van der Waals surface area contributed by atoms with Gasteiger partial charge in [-0.2, -0.15) is 10.4 Å². The quantitative estimate of drug-likeness (QED) is 0.480. The minimum Gasteiger partial charge on any atom is -0.477 e. The number of methoxy groups -OCH3 is 1. The second-order valence-electron chi connectivity index (χ2n) is 7.61. The molecule has 1 amide bonds.